The van der Waals surface area contributed by atoms with E-state index < -0.39 is 5.82 Å². The lowest BCUT2D eigenvalue weighted by Gasteiger charge is -2.35. The first-order chi connectivity index (χ1) is 11.9. The summed E-state index contributed by atoms with van der Waals surface area (Å²) in [7, 11) is 3.89. The third-order valence-electron chi connectivity index (χ3n) is 4.21. The third kappa shape index (κ3) is 3.87. The topological polar surface area (TPSA) is 52.6 Å². The molecule has 0 aliphatic carbocycles. The average molecular weight is 343 g/mol. The Morgan fingerprint density at radius 2 is 1.84 bits per heavy atom. The molecule has 1 fully saturated rings. The molecule has 1 aromatic heterocycles. The van der Waals surface area contributed by atoms with Gasteiger partial charge in [0.1, 0.15) is 11.6 Å². The summed E-state index contributed by atoms with van der Waals surface area (Å²) < 4.78 is 13.3. The van der Waals surface area contributed by atoms with Gasteiger partial charge in [-0.15, -0.1) is 0 Å². The van der Waals surface area contributed by atoms with Crippen LogP contribution in [0.15, 0.2) is 30.3 Å². The molecule has 1 saturated heterocycles. The molecule has 132 valence electrons. The van der Waals surface area contributed by atoms with Crippen LogP contribution in [-0.4, -0.2) is 61.0 Å². The van der Waals surface area contributed by atoms with Crippen molar-refractivity contribution in [1.29, 1.82) is 0 Å². The molecule has 3 rings (SSSR count). The maximum atomic E-state index is 13.3. The molecule has 0 spiro atoms. The van der Waals surface area contributed by atoms with Gasteiger partial charge in [0, 0.05) is 57.6 Å². The van der Waals surface area contributed by atoms with Crippen molar-refractivity contribution < 1.29 is 9.18 Å². The summed E-state index contributed by atoms with van der Waals surface area (Å²) in [5.41, 5.74) is 1.29. The first-order valence-corrected chi connectivity index (χ1v) is 8.27. The molecule has 0 N–H and O–H groups in total. The van der Waals surface area contributed by atoms with Crippen molar-refractivity contribution in [3.05, 3.63) is 47.4 Å². The van der Waals surface area contributed by atoms with Crippen LogP contribution in [0.3, 0.4) is 0 Å². The summed E-state index contributed by atoms with van der Waals surface area (Å²) in [6, 6.07) is 7.76. The van der Waals surface area contributed by atoms with E-state index in [2.05, 4.69) is 14.9 Å². The fraction of sp³-hybridized carbons (Fsp3) is 0.389. The number of anilines is 2. The van der Waals surface area contributed by atoms with Crippen LogP contribution in [0.2, 0.25) is 0 Å². The normalized spacial score (nSPS) is 14.6. The lowest BCUT2D eigenvalue weighted by molar-refractivity contribution is 0.0745. The highest BCUT2D eigenvalue weighted by Gasteiger charge is 2.24. The summed E-state index contributed by atoms with van der Waals surface area (Å²) in [5, 5.41) is 0. The van der Waals surface area contributed by atoms with Gasteiger partial charge in [0.25, 0.3) is 5.91 Å². The molecule has 1 aromatic carbocycles. The van der Waals surface area contributed by atoms with Crippen molar-refractivity contribution >= 4 is 17.7 Å². The largest absolute Gasteiger partial charge is 0.363 e. The fourth-order valence-corrected chi connectivity index (χ4v) is 2.82. The molecule has 0 radical (unpaired) electrons. The number of carbonyl (C=O) groups is 1. The molecule has 0 bridgehead atoms. The van der Waals surface area contributed by atoms with E-state index in [0.29, 0.717) is 37.7 Å². The molecular weight excluding hydrogens is 321 g/mol. The number of aromatic nitrogens is 2. The van der Waals surface area contributed by atoms with Crippen LogP contribution >= 0.6 is 0 Å². The summed E-state index contributed by atoms with van der Waals surface area (Å²) in [4.78, 5) is 27.4. The van der Waals surface area contributed by atoms with E-state index in [1.165, 1.54) is 12.1 Å². The predicted octanol–water partition coefficient (Wildman–Crippen LogP) is 1.95. The number of amides is 1. The van der Waals surface area contributed by atoms with E-state index in [-0.39, 0.29) is 5.91 Å². The molecule has 0 saturated carbocycles. The van der Waals surface area contributed by atoms with E-state index in [1.807, 2.05) is 32.0 Å². The first-order valence-electron chi connectivity index (χ1n) is 8.27. The highest BCUT2D eigenvalue weighted by Crippen LogP contribution is 2.18. The lowest BCUT2D eigenvalue weighted by Crippen LogP contribution is -2.49. The van der Waals surface area contributed by atoms with Gasteiger partial charge in [0.2, 0.25) is 5.95 Å². The molecule has 0 atom stereocenters. The Labute approximate surface area is 146 Å². The van der Waals surface area contributed by atoms with Gasteiger partial charge in [-0.3, -0.25) is 4.79 Å². The smallest absolute Gasteiger partial charge is 0.254 e. The SMILES string of the molecule is Cc1cc(N(C)C)nc(N2CCN(C(=O)c3cccc(F)c3)CC2)n1. The number of halogens is 1. The zero-order chi connectivity index (χ0) is 18.0. The Hall–Kier alpha value is -2.70. The minimum absolute atomic E-state index is 0.140. The number of hydrogen-bond acceptors (Lipinski definition) is 5. The van der Waals surface area contributed by atoms with E-state index in [0.717, 1.165) is 11.5 Å². The number of rotatable bonds is 3. The highest BCUT2D eigenvalue weighted by atomic mass is 19.1. The Morgan fingerprint density at radius 1 is 1.12 bits per heavy atom. The van der Waals surface area contributed by atoms with Crippen molar-refractivity contribution in [3.63, 3.8) is 0 Å². The number of carbonyl (C=O) groups excluding carboxylic acids is 1. The molecule has 25 heavy (non-hydrogen) atoms. The van der Waals surface area contributed by atoms with E-state index >= 15 is 0 Å². The molecule has 1 aliphatic heterocycles. The maximum Gasteiger partial charge on any atom is 0.254 e. The zero-order valence-corrected chi connectivity index (χ0v) is 14.7. The highest BCUT2D eigenvalue weighted by molar-refractivity contribution is 5.94. The minimum Gasteiger partial charge on any atom is -0.363 e. The van der Waals surface area contributed by atoms with Gasteiger partial charge in [-0.05, 0) is 25.1 Å². The Kier molecular flexibility index (Phi) is 4.83. The summed E-state index contributed by atoms with van der Waals surface area (Å²) in [5.74, 6) is 1.01. The second-order valence-electron chi connectivity index (χ2n) is 6.35. The average Bonchev–Trinajstić information content (AvgIpc) is 2.60. The van der Waals surface area contributed by atoms with Crippen LogP contribution in [0.1, 0.15) is 16.1 Å². The molecule has 7 heteroatoms. The molecule has 1 aliphatic rings. The van der Waals surface area contributed by atoms with Crippen LogP contribution in [0.4, 0.5) is 16.2 Å². The zero-order valence-electron chi connectivity index (χ0n) is 14.7. The summed E-state index contributed by atoms with van der Waals surface area (Å²) in [6.07, 6.45) is 0. The lowest BCUT2D eigenvalue weighted by atomic mass is 10.2. The van der Waals surface area contributed by atoms with Gasteiger partial charge in [-0.2, -0.15) is 4.98 Å². The number of aryl methyl sites for hydroxylation is 1. The fourth-order valence-electron chi connectivity index (χ4n) is 2.82. The van der Waals surface area contributed by atoms with Gasteiger partial charge in [-0.1, -0.05) is 6.07 Å². The molecule has 0 unspecified atom stereocenters. The van der Waals surface area contributed by atoms with Crippen molar-refractivity contribution in [3.8, 4) is 0 Å². The van der Waals surface area contributed by atoms with Gasteiger partial charge in [0.05, 0.1) is 0 Å². The van der Waals surface area contributed by atoms with Crippen LogP contribution < -0.4 is 9.80 Å². The molecule has 6 nitrogen and oxygen atoms in total. The van der Waals surface area contributed by atoms with Crippen molar-refractivity contribution in [1.82, 2.24) is 14.9 Å². The second kappa shape index (κ2) is 7.04. The number of benzene rings is 1. The maximum absolute atomic E-state index is 13.3. The van der Waals surface area contributed by atoms with Crippen LogP contribution in [0.25, 0.3) is 0 Å². The van der Waals surface area contributed by atoms with Crippen LogP contribution in [-0.2, 0) is 0 Å². The molecule has 2 aromatic rings. The minimum atomic E-state index is -0.395. The second-order valence-corrected chi connectivity index (χ2v) is 6.35. The van der Waals surface area contributed by atoms with Crippen molar-refractivity contribution in [2.24, 2.45) is 0 Å². The van der Waals surface area contributed by atoms with Crippen LogP contribution in [0.5, 0.6) is 0 Å². The van der Waals surface area contributed by atoms with E-state index in [9.17, 15) is 9.18 Å². The summed E-state index contributed by atoms with van der Waals surface area (Å²) in [6.45, 7) is 4.37. The van der Waals surface area contributed by atoms with Crippen molar-refractivity contribution in [2.45, 2.75) is 6.92 Å². The van der Waals surface area contributed by atoms with Gasteiger partial charge < -0.3 is 14.7 Å². The van der Waals surface area contributed by atoms with E-state index in [4.69, 9.17) is 0 Å². The van der Waals surface area contributed by atoms with Crippen LogP contribution in [0, 0.1) is 12.7 Å². The summed E-state index contributed by atoms with van der Waals surface area (Å²) >= 11 is 0. The third-order valence-corrected chi connectivity index (χ3v) is 4.21. The molecule has 1 amide bonds. The number of hydrogen-bond donors (Lipinski definition) is 0. The Balaban J connectivity index is 1.69. The van der Waals surface area contributed by atoms with Gasteiger partial charge in [-0.25, -0.2) is 9.37 Å². The number of nitrogens with zero attached hydrogens (tertiary/aromatic N) is 5. The van der Waals surface area contributed by atoms with Gasteiger partial charge in [0.15, 0.2) is 0 Å². The standard InChI is InChI=1S/C18H22FN5O/c1-13-11-16(22(2)3)21-18(20-13)24-9-7-23(8-10-24)17(25)14-5-4-6-15(19)12-14/h4-6,11-12H,7-10H2,1-3H3. The molecule has 2 heterocycles. The Bertz CT molecular complexity index is 772. The first kappa shape index (κ1) is 17.1. The quantitative estimate of drug-likeness (QED) is 0.853. The van der Waals surface area contributed by atoms with Crippen molar-refractivity contribution in [2.75, 3.05) is 50.1 Å². The predicted molar refractivity (Wildman–Crippen MR) is 95.6 cm³/mol. The monoisotopic (exact) mass is 343 g/mol. The molecular formula is C18H22FN5O. The van der Waals surface area contributed by atoms with Gasteiger partial charge >= 0.3 is 0 Å². The Morgan fingerprint density at radius 3 is 2.48 bits per heavy atom. The number of piperazine rings is 1. The van der Waals surface area contributed by atoms with E-state index in [1.54, 1.807) is 17.0 Å².